The van der Waals surface area contributed by atoms with Crippen LogP contribution >= 0.6 is 0 Å². The second-order valence-corrected chi connectivity index (χ2v) is 5.65. The number of aliphatic hydroxyl groups excluding tert-OH is 1. The first-order valence-electron chi connectivity index (χ1n) is 6.33. The smallest absolute Gasteiger partial charge is 0.0672 e. The summed E-state index contributed by atoms with van der Waals surface area (Å²) >= 11 is 0. The Bertz CT molecular complexity index is 245. The lowest BCUT2D eigenvalue weighted by molar-refractivity contribution is 0.229. The minimum Gasteiger partial charge on any atom is -0.396 e. The third-order valence-corrected chi connectivity index (χ3v) is 3.54. The molecule has 0 amide bonds. The van der Waals surface area contributed by atoms with Crippen molar-refractivity contribution in [2.45, 2.75) is 52.0 Å². The van der Waals surface area contributed by atoms with Gasteiger partial charge in [0.05, 0.1) is 12.0 Å². The number of rotatable bonds is 6. The first-order chi connectivity index (χ1) is 7.59. The van der Waals surface area contributed by atoms with Crippen LogP contribution in [0.4, 0.5) is 0 Å². The second kappa shape index (κ2) is 6.22. The van der Waals surface area contributed by atoms with Crippen molar-refractivity contribution in [1.82, 2.24) is 5.32 Å². The lowest BCUT2D eigenvalue weighted by atomic mass is 9.87. The fourth-order valence-corrected chi connectivity index (χ4v) is 2.41. The molecule has 1 rings (SSSR count). The van der Waals surface area contributed by atoms with Crippen molar-refractivity contribution in [3.8, 4) is 6.07 Å². The Morgan fingerprint density at radius 1 is 1.44 bits per heavy atom. The minimum atomic E-state index is 0.202. The van der Waals surface area contributed by atoms with Crippen LogP contribution in [0.5, 0.6) is 0 Å². The number of nitrogens with one attached hydrogen (secondary N) is 1. The third-order valence-electron chi connectivity index (χ3n) is 3.54. The second-order valence-electron chi connectivity index (χ2n) is 5.65. The average Bonchev–Trinajstić information content (AvgIpc) is 2.71. The predicted octanol–water partition coefficient (Wildman–Crippen LogP) is 2.07. The molecule has 1 saturated carbocycles. The zero-order valence-electron chi connectivity index (χ0n) is 10.5. The van der Waals surface area contributed by atoms with Crippen LogP contribution in [-0.4, -0.2) is 24.3 Å². The Labute approximate surface area is 98.8 Å². The van der Waals surface area contributed by atoms with Crippen molar-refractivity contribution in [2.24, 2.45) is 11.3 Å². The molecule has 1 aliphatic carbocycles. The molecule has 2 unspecified atom stereocenters. The van der Waals surface area contributed by atoms with E-state index in [1.807, 2.05) is 0 Å². The minimum absolute atomic E-state index is 0.202. The molecule has 3 nitrogen and oxygen atoms in total. The van der Waals surface area contributed by atoms with Crippen molar-refractivity contribution < 1.29 is 5.11 Å². The molecule has 92 valence electrons. The van der Waals surface area contributed by atoms with Crippen LogP contribution in [0.2, 0.25) is 0 Å². The monoisotopic (exact) mass is 224 g/mol. The van der Waals surface area contributed by atoms with Gasteiger partial charge in [-0.1, -0.05) is 20.3 Å². The molecular formula is C13H24N2O. The number of nitrogens with zero attached hydrogens (tertiary/aromatic N) is 1. The fraction of sp³-hybridized carbons (Fsp3) is 0.923. The molecule has 0 aromatic heterocycles. The molecular weight excluding hydrogens is 200 g/mol. The van der Waals surface area contributed by atoms with Crippen LogP contribution in [-0.2, 0) is 0 Å². The Morgan fingerprint density at radius 3 is 2.81 bits per heavy atom. The van der Waals surface area contributed by atoms with Gasteiger partial charge in [0.15, 0.2) is 0 Å². The van der Waals surface area contributed by atoms with Gasteiger partial charge in [0.2, 0.25) is 0 Å². The Balaban J connectivity index is 2.30. The maximum Gasteiger partial charge on any atom is 0.0672 e. The summed E-state index contributed by atoms with van der Waals surface area (Å²) in [5, 5.41) is 21.3. The summed E-state index contributed by atoms with van der Waals surface area (Å²) in [6.07, 6.45) is 5.24. The standard InChI is InChI=1S/C13H24N2O/c1-13(2,7-4-8-16)10-15-12-6-3-5-11(12)9-14/h11-12,15-16H,3-8,10H2,1-2H3. The molecule has 0 bridgehead atoms. The normalized spacial score (nSPS) is 25.6. The quantitative estimate of drug-likeness (QED) is 0.726. The van der Waals surface area contributed by atoms with E-state index < -0.39 is 0 Å². The van der Waals surface area contributed by atoms with Crippen LogP contribution in [0, 0.1) is 22.7 Å². The molecule has 0 heterocycles. The van der Waals surface area contributed by atoms with Gasteiger partial charge in [-0.05, 0) is 31.1 Å². The summed E-state index contributed by atoms with van der Waals surface area (Å²) in [6, 6.07) is 2.78. The summed E-state index contributed by atoms with van der Waals surface area (Å²) in [5.74, 6) is 0.202. The van der Waals surface area contributed by atoms with Gasteiger partial charge in [0.25, 0.3) is 0 Å². The summed E-state index contributed by atoms with van der Waals surface area (Å²) in [5.41, 5.74) is 0.214. The van der Waals surface area contributed by atoms with Crippen LogP contribution in [0.1, 0.15) is 46.0 Å². The zero-order valence-corrected chi connectivity index (χ0v) is 10.5. The highest BCUT2D eigenvalue weighted by Crippen LogP contribution is 2.27. The third kappa shape index (κ3) is 4.11. The number of aliphatic hydroxyl groups is 1. The van der Waals surface area contributed by atoms with Crippen molar-refractivity contribution in [1.29, 1.82) is 5.26 Å². The molecule has 1 fully saturated rings. The maximum atomic E-state index is 8.98. The van der Waals surface area contributed by atoms with Crippen molar-refractivity contribution in [2.75, 3.05) is 13.2 Å². The highest BCUT2D eigenvalue weighted by Gasteiger charge is 2.28. The Hall–Kier alpha value is -0.590. The van der Waals surface area contributed by atoms with E-state index in [0.717, 1.165) is 32.2 Å². The zero-order chi connectivity index (χ0) is 12.0. The Morgan fingerprint density at radius 2 is 2.19 bits per heavy atom. The highest BCUT2D eigenvalue weighted by atomic mass is 16.2. The van der Waals surface area contributed by atoms with Gasteiger partial charge in [0, 0.05) is 19.2 Å². The molecule has 0 saturated heterocycles. The van der Waals surface area contributed by atoms with Gasteiger partial charge in [-0.2, -0.15) is 5.26 Å². The van der Waals surface area contributed by atoms with E-state index in [-0.39, 0.29) is 17.9 Å². The van der Waals surface area contributed by atoms with Crippen molar-refractivity contribution in [3.63, 3.8) is 0 Å². The van der Waals surface area contributed by atoms with Crippen LogP contribution in [0.15, 0.2) is 0 Å². The van der Waals surface area contributed by atoms with Gasteiger partial charge in [0.1, 0.15) is 0 Å². The average molecular weight is 224 g/mol. The summed E-state index contributed by atoms with van der Waals surface area (Å²) < 4.78 is 0. The molecule has 16 heavy (non-hydrogen) atoms. The highest BCUT2D eigenvalue weighted by molar-refractivity contribution is 4.96. The topological polar surface area (TPSA) is 56.0 Å². The molecule has 0 radical (unpaired) electrons. The van der Waals surface area contributed by atoms with Crippen molar-refractivity contribution in [3.05, 3.63) is 0 Å². The fourth-order valence-electron chi connectivity index (χ4n) is 2.41. The molecule has 1 aliphatic rings. The van der Waals surface area contributed by atoms with E-state index in [9.17, 15) is 0 Å². The van der Waals surface area contributed by atoms with Crippen molar-refractivity contribution >= 4 is 0 Å². The lowest BCUT2D eigenvalue weighted by Crippen LogP contribution is -2.38. The van der Waals surface area contributed by atoms with E-state index >= 15 is 0 Å². The SMILES string of the molecule is CC(C)(CCCO)CNC1CCCC1C#N. The number of hydrogen-bond acceptors (Lipinski definition) is 3. The largest absolute Gasteiger partial charge is 0.396 e. The van der Waals surface area contributed by atoms with Gasteiger partial charge in [-0.25, -0.2) is 0 Å². The van der Waals surface area contributed by atoms with Gasteiger partial charge in [-0.15, -0.1) is 0 Å². The number of nitriles is 1. The molecule has 0 aliphatic heterocycles. The molecule has 3 heteroatoms. The van der Waals surface area contributed by atoms with Gasteiger partial charge < -0.3 is 10.4 Å². The van der Waals surface area contributed by atoms with Gasteiger partial charge >= 0.3 is 0 Å². The summed E-state index contributed by atoms with van der Waals surface area (Å²) in [4.78, 5) is 0. The van der Waals surface area contributed by atoms with E-state index in [1.165, 1.54) is 6.42 Å². The van der Waals surface area contributed by atoms with Crippen LogP contribution in [0.25, 0.3) is 0 Å². The summed E-state index contributed by atoms with van der Waals surface area (Å²) in [7, 11) is 0. The first-order valence-corrected chi connectivity index (χ1v) is 6.33. The van der Waals surface area contributed by atoms with E-state index in [2.05, 4.69) is 25.2 Å². The molecule has 0 spiro atoms. The molecule has 0 aromatic rings. The van der Waals surface area contributed by atoms with E-state index in [4.69, 9.17) is 10.4 Å². The van der Waals surface area contributed by atoms with Gasteiger partial charge in [-0.3, -0.25) is 0 Å². The van der Waals surface area contributed by atoms with Crippen LogP contribution in [0.3, 0.4) is 0 Å². The first kappa shape index (κ1) is 13.5. The predicted molar refractivity (Wildman–Crippen MR) is 64.8 cm³/mol. The number of hydrogen-bond donors (Lipinski definition) is 2. The Kier molecular flexibility index (Phi) is 5.24. The summed E-state index contributed by atoms with van der Waals surface area (Å²) in [6.45, 7) is 5.64. The van der Waals surface area contributed by atoms with E-state index in [0.29, 0.717) is 6.04 Å². The molecule has 0 aromatic carbocycles. The molecule has 2 N–H and O–H groups in total. The molecule has 2 atom stereocenters. The maximum absolute atomic E-state index is 8.98. The van der Waals surface area contributed by atoms with E-state index in [1.54, 1.807) is 0 Å². The lowest BCUT2D eigenvalue weighted by Gasteiger charge is -2.27. The van der Waals surface area contributed by atoms with Crippen LogP contribution < -0.4 is 5.32 Å².